The standard InChI is InChI=1S/C17H24N4/c1-14-15(13-20(2)19-14)12-18-16-8-4-5-9-17(16)21-10-6-3-7-11-21/h4-5,8-9,13,18H,3,6-7,10-12H2,1-2H3. The van der Waals surface area contributed by atoms with Crippen LogP contribution in [0.15, 0.2) is 30.5 Å². The number of nitrogens with one attached hydrogen (secondary N) is 1. The minimum Gasteiger partial charge on any atom is -0.379 e. The largest absolute Gasteiger partial charge is 0.379 e. The SMILES string of the molecule is Cc1nn(C)cc1CNc1ccccc1N1CCCCC1. The number of piperidine rings is 1. The first-order valence-electron chi connectivity index (χ1n) is 7.81. The number of nitrogens with zero attached hydrogens (tertiary/aromatic N) is 3. The first-order valence-corrected chi connectivity index (χ1v) is 7.81. The zero-order valence-electron chi connectivity index (χ0n) is 13.0. The van der Waals surface area contributed by atoms with Crippen molar-refractivity contribution in [3.05, 3.63) is 41.7 Å². The van der Waals surface area contributed by atoms with Crippen LogP contribution in [0.5, 0.6) is 0 Å². The second kappa shape index (κ2) is 6.20. The van der Waals surface area contributed by atoms with Gasteiger partial charge in [0.1, 0.15) is 0 Å². The van der Waals surface area contributed by atoms with E-state index in [1.165, 1.54) is 49.3 Å². The van der Waals surface area contributed by atoms with Gasteiger partial charge < -0.3 is 10.2 Å². The molecule has 0 amide bonds. The zero-order chi connectivity index (χ0) is 14.7. The summed E-state index contributed by atoms with van der Waals surface area (Å²) in [5.74, 6) is 0. The van der Waals surface area contributed by atoms with Gasteiger partial charge in [0, 0.05) is 38.4 Å². The van der Waals surface area contributed by atoms with Crippen LogP contribution < -0.4 is 10.2 Å². The molecule has 1 saturated heterocycles. The van der Waals surface area contributed by atoms with Crippen LogP contribution in [0.1, 0.15) is 30.5 Å². The Labute approximate surface area is 126 Å². The highest BCUT2D eigenvalue weighted by molar-refractivity contribution is 5.70. The number of anilines is 2. The minimum atomic E-state index is 0.824. The molecule has 0 aliphatic carbocycles. The molecular formula is C17H24N4. The summed E-state index contributed by atoms with van der Waals surface area (Å²) in [6.07, 6.45) is 6.05. The van der Waals surface area contributed by atoms with Gasteiger partial charge in [-0.3, -0.25) is 4.68 Å². The van der Waals surface area contributed by atoms with Crippen molar-refractivity contribution >= 4 is 11.4 Å². The van der Waals surface area contributed by atoms with E-state index in [1.807, 2.05) is 11.7 Å². The van der Waals surface area contributed by atoms with Crippen molar-refractivity contribution in [2.45, 2.75) is 32.7 Å². The van der Waals surface area contributed by atoms with Crippen molar-refractivity contribution in [1.82, 2.24) is 9.78 Å². The van der Waals surface area contributed by atoms with Crippen LogP contribution in [-0.2, 0) is 13.6 Å². The number of aryl methyl sites for hydroxylation is 2. The summed E-state index contributed by atoms with van der Waals surface area (Å²) in [7, 11) is 1.97. The fraction of sp³-hybridized carbons (Fsp3) is 0.471. The molecule has 1 aromatic carbocycles. The van der Waals surface area contributed by atoms with Crippen molar-refractivity contribution in [3.8, 4) is 0 Å². The molecule has 1 aliphatic heterocycles. The summed E-state index contributed by atoms with van der Waals surface area (Å²) in [4.78, 5) is 2.50. The number of hydrogen-bond donors (Lipinski definition) is 1. The Balaban J connectivity index is 1.74. The summed E-state index contributed by atoms with van der Waals surface area (Å²) < 4.78 is 1.88. The molecule has 2 heterocycles. The maximum atomic E-state index is 4.40. The Morgan fingerprint density at radius 2 is 1.90 bits per heavy atom. The Bertz CT molecular complexity index is 597. The number of rotatable bonds is 4. The van der Waals surface area contributed by atoms with E-state index in [0.717, 1.165) is 12.2 Å². The molecule has 0 saturated carbocycles. The lowest BCUT2D eigenvalue weighted by Crippen LogP contribution is -2.30. The minimum absolute atomic E-state index is 0.824. The third-order valence-electron chi connectivity index (χ3n) is 4.19. The quantitative estimate of drug-likeness (QED) is 0.935. The molecule has 2 aromatic rings. The lowest BCUT2D eigenvalue weighted by Gasteiger charge is -2.30. The topological polar surface area (TPSA) is 33.1 Å². The Kier molecular flexibility index (Phi) is 4.13. The van der Waals surface area contributed by atoms with Crippen LogP contribution in [0.3, 0.4) is 0 Å². The van der Waals surface area contributed by atoms with Crippen molar-refractivity contribution in [2.75, 3.05) is 23.3 Å². The van der Waals surface area contributed by atoms with E-state index in [9.17, 15) is 0 Å². The maximum Gasteiger partial charge on any atom is 0.0643 e. The molecule has 112 valence electrons. The zero-order valence-corrected chi connectivity index (χ0v) is 13.0. The average Bonchev–Trinajstić information content (AvgIpc) is 2.84. The molecule has 1 fully saturated rings. The first-order chi connectivity index (χ1) is 10.2. The number of benzene rings is 1. The summed E-state index contributed by atoms with van der Waals surface area (Å²) in [6, 6.07) is 8.63. The first kappa shape index (κ1) is 14.0. The number of para-hydroxylation sites is 2. The summed E-state index contributed by atoms with van der Waals surface area (Å²) >= 11 is 0. The second-order valence-electron chi connectivity index (χ2n) is 5.83. The van der Waals surface area contributed by atoms with Crippen LogP contribution in [-0.4, -0.2) is 22.9 Å². The van der Waals surface area contributed by atoms with Gasteiger partial charge in [0.15, 0.2) is 0 Å². The molecule has 0 unspecified atom stereocenters. The van der Waals surface area contributed by atoms with Crippen molar-refractivity contribution < 1.29 is 0 Å². The van der Waals surface area contributed by atoms with Gasteiger partial charge >= 0.3 is 0 Å². The highest BCUT2D eigenvalue weighted by Gasteiger charge is 2.14. The van der Waals surface area contributed by atoms with E-state index >= 15 is 0 Å². The maximum absolute atomic E-state index is 4.40. The number of hydrogen-bond acceptors (Lipinski definition) is 3. The predicted octanol–water partition coefficient (Wildman–Crippen LogP) is 3.33. The van der Waals surface area contributed by atoms with E-state index in [2.05, 4.69) is 52.7 Å². The average molecular weight is 284 g/mol. The summed E-state index contributed by atoms with van der Waals surface area (Å²) in [6.45, 7) is 5.23. The highest BCUT2D eigenvalue weighted by Crippen LogP contribution is 2.28. The predicted molar refractivity (Wildman–Crippen MR) is 87.8 cm³/mol. The van der Waals surface area contributed by atoms with E-state index in [0.29, 0.717) is 0 Å². The summed E-state index contributed by atoms with van der Waals surface area (Å²) in [5.41, 5.74) is 4.91. The second-order valence-corrected chi connectivity index (χ2v) is 5.83. The molecule has 1 aromatic heterocycles. The molecule has 4 nitrogen and oxygen atoms in total. The monoisotopic (exact) mass is 284 g/mol. The van der Waals surface area contributed by atoms with Gasteiger partial charge in [-0.2, -0.15) is 5.10 Å². The van der Waals surface area contributed by atoms with Crippen LogP contribution in [0.2, 0.25) is 0 Å². The third kappa shape index (κ3) is 3.20. The van der Waals surface area contributed by atoms with Gasteiger partial charge in [0.25, 0.3) is 0 Å². The van der Waals surface area contributed by atoms with Crippen LogP contribution >= 0.6 is 0 Å². The molecule has 1 N–H and O–H groups in total. The fourth-order valence-corrected chi connectivity index (χ4v) is 3.05. The van der Waals surface area contributed by atoms with Gasteiger partial charge in [-0.15, -0.1) is 0 Å². The Hall–Kier alpha value is -1.97. The van der Waals surface area contributed by atoms with E-state index < -0.39 is 0 Å². The lowest BCUT2D eigenvalue weighted by atomic mass is 10.1. The van der Waals surface area contributed by atoms with Crippen LogP contribution in [0.25, 0.3) is 0 Å². The lowest BCUT2D eigenvalue weighted by molar-refractivity contribution is 0.578. The van der Waals surface area contributed by atoms with Crippen molar-refractivity contribution in [2.24, 2.45) is 7.05 Å². The molecule has 0 atom stereocenters. The molecule has 0 spiro atoms. The normalized spacial score (nSPS) is 15.2. The fourth-order valence-electron chi connectivity index (χ4n) is 3.05. The Morgan fingerprint density at radius 1 is 1.14 bits per heavy atom. The Morgan fingerprint density at radius 3 is 2.62 bits per heavy atom. The van der Waals surface area contributed by atoms with Crippen molar-refractivity contribution in [1.29, 1.82) is 0 Å². The highest BCUT2D eigenvalue weighted by atomic mass is 15.3. The molecule has 21 heavy (non-hydrogen) atoms. The molecular weight excluding hydrogens is 260 g/mol. The van der Waals surface area contributed by atoms with Gasteiger partial charge in [-0.25, -0.2) is 0 Å². The van der Waals surface area contributed by atoms with Gasteiger partial charge in [0.05, 0.1) is 17.1 Å². The van der Waals surface area contributed by atoms with E-state index in [-0.39, 0.29) is 0 Å². The number of aromatic nitrogens is 2. The molecule has 0 radical (unpaired) electrons. The van der Waals surface area contributed by atoms with Crippen LogP contribution in [0.4, 0.5) is 11.4 Å². The molecule has 1 aliphatic rings. The molecule has 0 bridgehead atoms. The van der Waals surface area contributed by atoms with Crippen molar-refractivity contribution in [3.63, 3.8) is 0 Å². The van der Waals surface area contributed by atoms with Gasteiger partial charge in [0.2, 0.25) is 0 Å². The third-order valence-corrected chi connectivity index (χ3v) is 4.19. The molecule has 4 heteroatoms. The molecule has 3 rings (SSSR count). The van der Waals surface area contributed by atoms with Gasteiger partial charge in [-0.1, -0.05) is 12.1 Å². The smallest absolute Gasteiger partial charge is 0.0643 e. The summed E-state index contributed by atoms with van der Waals surface area (Å²) in [5, 5.41) is 7.99. The van der Waals surface area contributed by atoms with E-state index in [4.69, 9.17) is 0 Å². The van der Waals surface area contributed by atoms with Gasteiger partial charge in [-0.05, 0) is 38.3 Å². The van der Waals surface area contributed by atoms with E-state index in [1.54, 1.807) is 0 Å². The van der Waals surface area contributed by atoms with Crippen LogP contribution in [0, 0.1) is 6.92 Å².